The van der Waals surface area contributed by atoms with Gasteiger partial charge in [-0.25, -0.2) is 9.69 Å². The van der Waals surface area contributed by atoms with E-state index < -0.39 is 6.09 Å². The van der Waals surface area contributed by atoms with Crippen molar-refractivity contribution in [3.8, 4) is 10.4 Å². The highest BCUT2D eigenvalue weighted by Crippen LogP contribution is 2.29. The highest BCUT2D eigenvalue weighted by Gasteiger charge is 2.44. The third-order valence-corrected chi connectivity index (χ3v) is 5.45. The van der Waals surface area contributed by atoms with Gasteiger partial charge in [0.2, 0.25) is 0 Å². The van der Waals surface area contributed by atoms with Crippen molar-refractivity contribution in [2.24, 2.45) is 7.05 Å². The van der Waals surface area contributed by atoms with E-state index in [0.29, 0.717) is 11.1 Å². The Balaban J connectivity index is 1.58. The predicted molar refractivity (Wildman–Crippen MR) is 92.9 cm³/mol. The number of aromatic nitrogens is 1. The molecule has 0 atom stereocenters. The van der Waals surface area contributed by atoms with E-state index in [1.165, 1.54) is 28.2 Å². The van der Waals surface area contributed by atoms with Crippen LogP contribution in [0.2, 0.25) is 0 Å². The Bertz CT molecular complexity index is 943. The first-order chi connectivity index (χ1) is 12.5. The molecule has 0 bridgehead atoms. The van der Waals surface area contributed by atoms with Gasteiger partial charge >= 0.3 is 6.09 Å². The molecule has 0 radical (unpaired) electrons. The highest BCUT2D eigenvalue weighted by molar-refractivity contribution is 7.13. The summed E-state index contributed by atoms with van der Waals surface area (Å²) >= 11 is 1.45. The second-order valence-corrected chi connectivity index (χ2v) is 7.16. The van der Waals surface area contributed by atoms with Crippen LogP contribution in [0.4, 0.5) is 4.79 Å². The van der Waals surface area contributed by atoms with Crippen LogP contribution < -0.4 is 5.56 Å². The van der Waals surface area contributed by atoms with Gasteiger partial charge in [0, 0.05) is 42.8 Å². The van der Waals surface area contributed by atoms with Gasteiger partial charge in [0.1, 0.15) is 0 Å². The van der Waals surface area contributed by atoms with E-state index in [1.54, 1.807) is 11.9 Å². The van der Waals surface area contributed by atoms with Crippen molar-refractivity contribution < 1.29 is 19.1 Å². The van der Waals surface area contributed by atoms with Gasteiger partial charge in [0.05, 0.1) is 11.6 Å². The molecular weight excluding hydrogens is 358 g/mol. The Labute approximate surface area is 152 Å². The number of imide groups is 1. The third-order valence-electron chi connectivity index (χ3n) is 4.54. The molecule has 0 aromatic carbocycles. The maximum atomic E-state index is 12.9. The van der Waals surface area contributed by atoms with E-state index >= 15 is 0 Å². The van der Waals surface area contributed by atoms with Gasteiger partial charge in [-0.15, -0.1) is 11.3 Å². The van der Waals surface area contributed by atoms with Crippen molar-refractivity contribution in [3.63, 3.8) is 0 Å². The summed E-state index contributed by atoms with van der Waals surface area (Å²) in [5.74, 6) is -0.617. The Morgan fingerprint density at radius 2 is 2.04 bits per heavy atom. The summed E-state index contributed by atoms with van der Waals surface area (Å²) < 4.78 is 6.07. The van der Waals surface area contributed by atoms with Crippen LogP contribution in [-0.2, 0) is 16.6 Å². The minimum absolute atomic E-state index is 0.197. The fourth-order valence-electron chi connectivity index (χ4n) is 3.11. The molecule has 2 aliphatic rings. The number of amides is 3. The predicted octanol–water partition coefficient (Wildman–Crippen LogP) is 0.917. The number of aryl methyl sites for hydroxylation is 1. The molecule has 9 heteroatoms. The topological polar surface area (TPSA) is 88.9 Å². The van der Waals surface area contributed by atoms with E-state index in [4.69, 9.17) is 4.74 Å². The number of thiophene rings is 1. The molecule has 3 amide bonds. The van der Waals surface area contributed by atoms with Gasteiger partial charge in [-0.2, -0.15) is 0 Å². The van der Waals surface area contributed by atoms with Crippen molar-refractivity contribution in [1.29, 1.82) is 0 Å². The summed E-state index contributed by atoms with van der Waals surface area (Å²) in [6.07, 6.45) is 0.871. The van der Waals surface area contributed by atoms with E-state index in [0.717, 1.165) is 9.78 Å². The number of cyclic esters (lactones) is 1. The van der Waals surface area contributed by atoms with Crippen LogP contribution >= 0.6 is 11.3 Å². The van der Waals surface area contributed by atoms with Gasteiger partial charge in [-0.05, 0) is 11.4 Å². The van der Waals surface area contributed by atoms with E-state index in [2.05, 4.69) is 0 Å². The van der Waals surface area contributed by atoms with Crippen LogP contribution in [0.25, 0.3) is 10.4 Å². The average Bonchev–Trinajstić information content (AvgIpc) is 3.20. The van der Waals surface area contributed by atoms with Crippen LogP contribution in [0.5, 0.6) is 0 Å². The fraction of sp³-hybridized carbons (Fsp3) is 0.294. The Morgan fingerprint density at radius 3 is 2.65 bits per heavy atom. The normalized spacial score (nSPS) is 17.4. The van der Waals surface area contributed by atoms with Gasteiger partial charge < -0.3 is 14.2 Å². The molecule has 0 spiro atoms. The standard InChI is InChI=1S/C17H15N3O5S/c1-18-8-12(11(5-14(18)21)13-3-2-4-26-13)16(23)19-6-10(7-19)20-15(22)9-25-17(20)24/h2-5,8,10H,6-7,9H2,1H3. The maximum absolute atomic E-state index is 12.9. The molecule has 0 aliphatic carbocycles. The van der Waals surface area contributed by atoms with Gasteiger partial charge in [0.25, 0.3) is 17.4 Å². The molecule has 26 heavy (non-hydrogen) atoms. The Hall–Kier alpha value is -2.94. The zero-order valence-corrected chi connectivity index (χ0v) is 14.7. The number of carbonyl (C=O) groups is 3. The monoisotopic (exact) mass is 373 g/mol. The fourth-order valence-corrected chi connectivity index (χ4v) is 3.86. The first kappa shape index (κ1) is 16.5. The first-order valence-electron chi connectivity index (χ1n) is 7.98. The minimum atomic E-state index is -0.659. The lowest BCUT2D eigenvalue weighted by Crippen LogP contribution is -2.62. The maximum Gasteiger partial charge on any atom is 0.417 e. The van der Waals surface area contributed by atoms with Crippen molar-refractivity contribution in [2.75, 3.05) is 19.7 Å². The Kier molecular flexibility index (Phi) is 3.87. The van der Waals surface area contributed by atoms with Crippen molar-refractivity contribution in [3.05, 3.63) is 45.7 Å². The molecule has 0 N–H and O–H groups in total. The first-order valence-corrected chi connectivity index (χ1v) is 8.86. The minimum Gasteiger partial charge on any atom is -0.439 e. The molecule has 4 rings (SSSR count). The molecule has 2 aliphatic heterocycles. The molecule has 2 saturated heterocycles. The molecule has 0 saturated carbocycles. The lowest BCUT2D eigenvalue weighted by molar-refractivity contribution is -0.129. The number of nitrogens with zero attached hydrogens (tertiary/aromatic N) is 3. The second kappa shape index (κ2) is 6.10. The molecule has 4 heterocycles. The third kappa shape index (κ3) is 2.60. The lowest BCUT2D eigenvalue weighted by atomic mass is 10.0. The van der Waals surface area contributed by atoms with Crippen LogP contribution in [-0.4, -0.2) is 58.0 Å². The van der Waals surface area contributed by atoms with Gasteiger partial charge in [-0.3, -0.25) is 14.4 Å². The number of ether oxygens (including phenoxy) is 1. The molecule has 0 unspecified atom stereocenters. The molecule has 2 aromatic rings. The summed E-state index contributed by atoms with van der Waals surface area (Å²) in [5.41, 5.74) is 0.813. The summed E-state index contributed by atoms with van der Waals surface area (Å²) in [4.78, 5) is 51.7. The van der Waals surface area contributed by atoms with Crippen LogP contribution in [0.3, 0.4) is 0 Å². The highest BCUT2D eigenvalue weighted by atomic mass is 32.1. The quantitative estimate of drug-likeness (QED) is 0.798. The number of rotatable bonds is 3. The van der Waals surface area contributed by atoms with Gasteiger partial charge in [-0.1, -0.05) is 6.07 Å². The molecule has 134 valence electrons. The van der Waals surface area contributed by atoms with Crippen LogP contribution in [0.1, 0.15) is 10.4 Å². The van der Waals surface area contributed by atoms with Crippen molar-refractivity contribution in [1.82, 2.24) is 14.4 Å². The zero-order valence-electron chi connectivity index (χ0n) is 13.9. The van der Waals surface area contributed by atoms with E-state index in [9.17, 15) is 19.2 Å². The summed E-state index contributed by atoms with van der Waals surface area (Å²) in [6.45, 7) is 0.269. The molecule has 2 aromatic heterocycles. The number of carbonyl (C=O) groups excluding carboxylic acids is 3. The molecular formula is C17H15N3O5S. The Morgan fingerprint density at radius 1 is 1.27 bits per heavy atom. The SMILES string of the molecule is Cn1cc(C(=O)N2CC(N3C(=O)COC3=O)C2)c(-c2cccs2)cc1=O. The largest absolute Gasteiger partial charge is 0.439 e. The van der Waals surface area contributed by atoms with Crippen LogP contribution in [0, 0.1) is 0 Å². The second-order valence-electron chi connectivity index (χ2n) is 6.21. The zero-order chi connectivity index (χ0) is 18.4. The van der Waals surface area contributed by atoms with Crippen molar-refractivity contribution in [2.45, 2.75) is 6.04 Å². The lowest BCUT2D eigenvalue weighted by Gasteiger charge is -2.42. The average molecular weight is 373 g/mol. The van der Waals surface area contributed by atoms with Crippen LogP contribution in [0.15, 0.2) is 34.6 Å². The van der Waals surface area contributed by atoms with E-state index in [-0.39, 0.29) is 43.1 Å². The number of likely N-dealkylation sites (tertiary alicyclic amines) is 1. The van der Waals surface area contributed by atoms with Crippen molar-refractivity contribution >= 4 is 29.2 Å². The number of hydrogen-bond donors (Lipinski definition) is 0. The van der Waals surface area contributed by atoms with Gasteiger partial charge in [0.15, 0.2) is 6.61 Å². The smallest absolute Gasteiger partial charge is 0.417 e. The van der Waals surface area contributed by atoms with E-state index in [1.807, 2.05) is 17.5 Å². The summed E-state index contributed by atoms with van der Waals surface area (Å²) in [5, 5.41) is 1.88. The molecule has 2 fully saturated rings. The summed E-state index contributed by atoms with van der Waals surface area (Å²) in [6, 6.07) is 4.81. The molecule has 8 nitrogen and oxygen atoms in total. The number of pyridine rings is 1. The number of hydrogen-bond acceptors (Lipinski definition) is 6. The summed E-state index contributed by atoms with van der Waals surface area (Å²) in [7, 11) is 1.59.